The van der Waals surface area contributed by atoms with Gasteiger partial charge in [-0.1, -0.05) is 30.7 Å². The molecule has 7 heteroatoms. The maximum Gasteiger partial charge on any atom is 0.280 e. The van der Waals surface area contributed by atoms with Crippen LogP contribution in [0.25, 0.3) is 6.08 Å². The molecule has 0 aliphatic carbocycles. The van der Waals surface area contributed by atoms with Crippen molar-refractivity contribution in [3.05, 3.63) is 58.1 Å². The van der Waals surface area contributed by atoms with Crippen molar-refractivity contribution in [2.24, 2.45) is 5.10 Å². The van der Waals surface area contributed by atoms with Gasteiger partial charge >= 0.3 is 0 Å². The summed E-state index contributed by atoms with van der Waals surface area (Å²) >= 11 is 6.29. The first-order valence-electron chi connectivity index (χ1n) is 9.06. The lowest BCUT2D eigenvalue weighted by Gasteiger charge is -2.13. The Labute approximate surface area is 174 Å². The van der Waals surface area contributed by atoms with Crippen LogP contribution in [0, 0.1) is 11.3 Å². The van der Waals surface area contributed by atoms with Crippen molar-refractivity contribution < 1.29 is 14.3 Å². The van der Waals surface area contributed by atoms with Crippen LogP contribution < -0.4 is 14.5 Å². The first-order chi connectivity index (χ1) is 14.0. The molecule has 0 atom stereocenters. The third-order valence-corrected chi connectivity index (χ3v) is 4.78. The summed E-state index contributed by atoms with van der Waals surface area (Å²) in [7, 11) is 1.48. The zero-order valence-electron chi connectivity index (χ0n) is 16.4. The number of methoxy groups -OCH3 is 1. The van der Waals surface area contributed by atoms with E-state index in [0.717, 1.165) is 6.42 Å². The summed E-state index contributed by atoms with van der Waals surface area (Å²) in [6.45, 7) is 3.72. The standard InChI is InChI=1S/C22H20ClN3O3/c1-4-15-5-7-17(8-6-15)26-22(27)18(14(2)25-26)11-16-12-19(23)21(29-10-9-24)20(13-16)28-3/h5-8,11-13H,4,10H2,1-3H3/b18-11+. The molecule has 0 saturated carbocycles. The Morgan fingerprint density at radius 3 is 2.62 bits per heavy atom. The topological polar surface area (TPSA) is 74.9 Å². The molecule has 148 valence electrons. The van der Waals surface area contributed by atoms with Crippen LogP contribution in [0.4, 0.5) is 5.69 Å². The van der Waals surface area contributed by atoms with E-state index >= 15 is 0 Å². The Hall–Kier alpha value is -3.30. The number of carbonyl (C=O) groups excluding carboxylic acids is 1. The largest absolute Gasteiger partial charge is 0.493 e. The van der Waals surface area contributed by atoms with Gasteiger partial charge in [0.1, 0.15) is 6.07 Å². The number of hydrogen-bond donors (Lipinski definition) is 0. The minimum atomic E-state index is -0.216. The predicted octanol–water partition coefficient (Wildman–Crippen LogP) is 4.62. The van der Waals surface area contributed by atoms with Crippen LogP contribution in [0.3, 0.4) is 0 Å². The Balaban J connectivity index is 1.92. The number of aryl methyl sites for hydroxylation is 1. The lowest BCUT2D eigenvalue weighted by molar-refractivity contribution is -0.114. The minimum Gasteiger partial charge on any atom is -0.493 e. The fraction of sp³-hybridized carbons (Fsp3) is 0.227. The fourth-order valence-electron chi connectivity index (χ4n) is 2.97. The van der Waals surface area contributed by atoms with E-state index in [-0.39, 0.29) is 12.5 Å². The second-order valence-corrected chi connectivity index (χ2v) is 6.77. The van der Waals surface area contributed by atoms with Crippen molar-refractivity contribution in [2.75, 3.05) is 18.7 Å². The quantitative estimate of drug-likeness (QED) is 0.652. The molecule has 3 rings (SSSR count). The summed E-state index contributed by atoms with van der Waals surface area (Å²) in [6.07, 6.45) is 2.64. The molecule has 1 aliphatic rings. The summed E-state index contributed by atoms with van der Waals surface area (Å²) in [6, 6.07) is 13.0. The van der Waals surface area contributed by atoms with E-state index in [2.05, 4.69) is 12.0 Å². The first-order valence-corrected chi connectivity index (χ1v) is 9.44. The SMILES string of the molecule is CCc1ccc(N2N=C(C)/C(=C\c3cc(Cl)c(OCC#N)c(OC)c3)C2=O)cc1. The highest BCUT2D eigenvalue weighted by molar-refractivity contribution is 6.33. The van der Waals surface area contributed by atoms with Crippen LogP contribution in [0.15, 0.2) is 47.1 Å². The van der Waals surface area contributed by atoms with E-state index in [1.54, 1.807) is 25.1 Å². The van der Waals surface area contributed by atoms with Gasteiger partial charge in [-0.2, -0.15) is 15.4 Å². The Morgan fingerprint density at radius 1 is 1.28 bits per heavy atom. The van der Waals surface area contributed by atoms with Gasteiger partial charge in [-0.15, -0.1) is 0 Å². The fourth-order valence-corrected chi connectivity index (χ4v) is 3.24. The number of nitriles is 1. The molecule has 2 aromatic carbocycles. The average molecular weight is 410 g/mol. The zero-order chi connectivity index (χ0) is 21.0. The van der Waals surface area contributed by atoms with Crippen LogP contribution in [-0.2, 0) is 11.2 Å². The Kier molecular flexibility index (Phi) is 6.20. The number of carbonyl (C=O) groups is 1. The lowest BCUT2D eigenvalue weighted by atomic mass is 10.1. The van der Waals surface area contributed by atoms with Crippen molar-refractivity contribution in [3.8, 4) is 17.6 Å². The number of ether oxygens (including phenoxy) is 2. The van der Waals surface area contributed by atoms with Crippen LogP contribution in [0.1, 0.15) is 25.0 Å². The molecule has 1 aliphatic heterocycles. The van der Waals surface area contributed by atoms with Crippen LogP contribution in [0.2, 0.25) is 5.02 Å². The summed E-state index contributed by atoms with van der Waals surface area (Å²) in [5.41, 5.74) is 3.64. The van der Waals surface area contributed by atoms with Gasteiger partial charge in [-0.05, 0) is 54.8 Å². The molecule has 29 heavy (non-hydrogen) atoms. The highest BCUT2D eigenvalue weighted by atomic mass is 35.5. The number of anilines is 1. The average Bonchev–Trinajstić information content (AvgIpc) is 3.01. The minimum absolute atomic E-state index is 0.146. The summed E-state index contributed by atoms with van der Waals surface area (Å²) in [5, 5.41) is 14.8. The molecule has 1 amide bonds. The van der Waals surface area contributed by atoms with Crippen molar-refractivity contribution in [1.29, 1.82) is 5.26 Å². The predicted molar refractivity (Wildman–Crippen MR) is 114 cm³/mol. The number of halogens is 1. The van der Waals surface area contributed by atoms with Gasteiger partial charge in [0.05, 0.1) is 29.1 Å². The van der Waals surface area contributed by atoms with E-state index in [0.29, 0.717) is 39.1 Å². The molecule has 0 radical (unpaired) electrons. The van der Waals surface area contributed by atoms with E-state index in [1.807, 2.05) is 30.3 Å². The second kappa shape index (κ2) is 8.80. The molecule has 2 aromatic rings. The summed E-state index contributed by atoms with van der Waals surface area (Å²) in [4.78, 5) is 12.9. The summed E-state index contributed by atoms with van der Waals surface area (Å²) < 4.78 is 10.7. The van der Waals surface area contributed by atoms with Crippen LogP contribution >= 0.6 is 11.6 Å². The third kappa shape index (κ3) is 4.25. The smallest absolute Gasteiger partial charge is 0.280 e. The Morgan fingerprint density at radius 2 is 2.00 bits per heavy atom. The van der Waals surface area contributed by atoms with Crippen molar-refractivity contribution >= 4 is 35.0 Å². The number of nitrogens with zero attached hydrogens (tertiary/aromatic N) is 3. The van der Waals surface area contributed by atoms with E-state index < -0.39 is 0 Å². The zero-order valence-corrected chi connectivity index (χ0v) is 17.2. The monoisotopic (exact) mass is 409 g/mol. The van der Waals surface area contributed by atoms with Crippen molar-refractivity contribution in [1.82, 2.24) is 0 Å². The molecular weight excluding hydrogens is 390 g/mol. The lowest BCUT2D eigenvalue weighted by Crippen LogP contribution is -2.21. The maximum atomic E-state index is 12.9. The molecular formula is C22H20ClN3O3. The van der Waals surface area contributed by atoms with Gasteiger partial charge in [0.15, 0.2) is 18.1 Å². The van der Waals surface area contributed by atoms with Crippen LogP contribution in [-0.4, -0.2) is 25.3 Å². The number of hydrazone groups is 1. The van der Waals surface area contributed by atoms with Gasteiger partial charge in [0.25, 0.3) is 5.91 Å². The molecule has 0 N–H and O–H groups in total. The molecule has 0 fully saturated rings. The second-order valence-electron chi connectivity index (χ2n) is 6.36. The molecule has 1 heterocycles. The normalized spacial score (nSPS) is 14.7. The highest BCUT2D eigenvalue weighted by Crippen LogP contribution is 2.37. The van der Waals surface area contributed by atoms with E-state index in [1.165, 1.54) is 17.7 Å². The van der Waals surface area contributed by atoms with Gasteiger partial charge in [0.2, 0.25) is 0 Å². The molecule has 0 unspecified atom stereocenters. The Bertz CT molecular complexity index is 1040. The molecule has 0 saturated heterocycles. The molecule has 6 nitrogen and oxygen atoms in total. The summed E-state index contributed by atoms with van der Waals surface area (Å²) in [5.74, 6) is 0.455. The van der Waals surface area contributed by atoms with Crippen molar-refractivity contribution in [2.45, 2.75) is 20.3 Å². The number of benzene rings is 2. The molecule has 0 spiro atoms. The van der Waals surface area contributed by atoms with Gasteiger partial charge < -0.3 is 9.47 Å². The molecule has 0 aromatic heterocycles. The highest BCUT2D eigenvalue weighted by Gasteiger charge is 2.28. The number of rotatable bonds is 6. The number of amides is 1. The van der Waals surface area contributed by atoms with Crippen LogP contribution in [0.5, 0.6) is 11.5 Å². The van der Waals surface area contributed by atoms with E-state index in [4.69, 9.17) is 26.3 Å². The number of hydrogen-bond acceptors (Lipinski definition) is 5. The maximum absolute atomic E-state index is 12.9. The third-order valence-electron chi connectivity index (χ3n) is 4.50. The first kappa shape index (κ1) is 20.4. The van der Waals surface area contributed by atoms with Gasteiger partial charge in [0, 0.05) is 0 Å². The molecule has 0 bridgehead atoms. The van der Waals surface area contributed by atoms with Gasteiger partial charge in [-0.3, -0.25) is 4.79 Å². The van der Waals surface area contributed by atoms with E-state index in [9.17, 15) is 4.79 Å². The van der Waals surface area contributed by atoms with Gasteiger partial charge in [-0.25, -0.2) is 0 Å². The van der Waals surface area contributed by atoms with Crippen molar-refractivity contribution in [3.63, 3.8) is 0 Å².